The largest absolute Gasteiger partial charge is 0.478 e. The number of hydrogen-bond acceptors (Lipinski definition) is 4. The fourth-order valence-corrected chi connectivity index (χ4v) is 5.47. The van der Waals surface area contributed by atoms with E-state index in [1.54, 1.807) is 0 Å². The molecule has 0 heterocycles. The van der Waals surface area contributed by atoms with E-state index in [-0.39, 0.29) is 5.75 Å². The van der Waals surface area contributed by atoms with Gasteiger partial charge < -0.3 is 10.2 Å². The summed E-state index contributed by atoms with van der Waals surface area (Å²) in [6, 6.07) is 0. The summed E-state index contributed by atoms with van der Waals surface area (Å²) < 4.78 is 30.9. The molecule has 0 fully saturated rings. The van der Waals surface area contributed by atoms with Gasteiger partial charge in [0.2, 0.25) is 0 Å². The Morgan fingerprint density at radius 2 is 0.944 bits per heavy atom. The van der Waals surface area contributed by atoms with E-state index >= 15 is 0 Å². The molecule has 0 saturated heterocycles. The number of rotatable bonds is 24. The van der Waals surface area contributed by atoms with E-state index in [4.69, 9.17) is 14.8 Å². The minimum atomic E-state index is -3.76. The summed E-state index contributed by atoms with van der Waals surface area (Å²) >= 11 is 1.13. The average Bonchev–Trinajstić information content (AvgIpc) is 2.79. The molecule has 0 rings (SSSR count). The van der Waals surface area contributed by atoms with E-state index in [1.165, 1.54) is 116 Å². The molecule has 1 unspecified atom stereocenters. The molecule has 0 aromatic carbocycles. The minimum absolute atomic E-state index is 0.0647. The molecule has 0 spiro atoms. The van der Waals surface area contributed by atoms with Crippen molar-refractivity contribution in [2.45, 2.75) is 139 Å². The quantitative estimate of drug-likeness (QED) is 0.0502. The summed E-state index contributed by atoms with van der Waals surface area (Å²) in [4.78, 5) is 19.1. The van der Waals surface area contributed by atoms with Crippen LogP contribution >= 0.6 is 0 Å². The molecule has 36 heavy (non-hydrogen) atoms. The van der Waals surface area contributed by atoms with Crippen LogP contribution in [-0.4, -0.2) is 68.8 Å². The molecule has 3 N–H and O–H groups in total. The first-order chi connectivity index (χ1) is 17.1. The average molecular weight is 543 g/mol. The first kappa shape index (κ1) is 37.7. The molecule has 0 radical (unpaired) electrons. The van der Waals surface area contributed by atoms with Gasteiger partial charge in [0.1, 0.15) is 0 Å². The predicted octanol–water partition coefficient (Wildman–Crippen LogP) is 7.36. The Balaban J connectivity index is 0. The summed E-state index contributed by atoms with van der Waals surface area (Å²) in [6.07, 6.45) is 27.9. The Kier molecular flexibility index (Phi) is 29.0. The van der Waals surface area contributed by atoms with Crippen LogP contribution in [0.2, 0.25) is 3.17 Å². The molecule has 1 atom stereocenters. The predicted molar refractivity (Wildman–Crippen MR) is 148 cm³/mol. The molecule has 0 aliphatic heterocycles. The third-order valence-corrected chi connectivity index (χ3v) is 8.23. The number of carboxylic acids is 2. The van der Waals surface area contributed by atoms with Crippen molar-refractivity contribution in [3.05, 3.63) is 12.2 Å². The van der Waals surface area contributed by atoms with Crippen LogP contribution in [0.5, 0.6) is 0 Å². The van der Waals surface area contributed by atoms with E-state index < -0.39 is 22.1 Å². The van der Waals surface area contributed by atoms with Gasteiger partial charge in [-0.15, -0.1) is 0 Å². The Hall–Kier alpha value is -0.410. The maximum Gasteiger partial charge on any atom is 0.328 e. The third-order valence-electron chi connectivity index (χ3n) is 6.27. The van der Waals surface area contributed by atoms with Crippen LogP contribution in [0.3, 0.4) is 0 Å². The van der Waals surface area contributed by atoms with Gasteiger partial charge in [0.15, 0.2) is 0 Å². The molecule has 0 aliphatic carbocycles. The first-order valence-electron chi connectivity index (χ1n) is 14.2. The summed E-state index contributed by atoms with van der Waals surface area (Å²) in [5, 5.41) is 15.6. The maximum absolute atomic E-state index is 10.7. The molecule has 0 aromatic heterocycles. The van der Waals surface area contributed by atoms with E-state index in [9.17, 15) is 18.0 Å². The van der Waals surface area contributed by atoms with Gasteiger partial charge in [-0.05, 0) is 0 Å². The standard InChI is InChI=1S/C23H47O3S.C4H4O4.Na/c1-2-3-4-5-6-7-8-9-10-11-12-13-14-15-16-17-18-19-20-21-22-23-27(24,25)26;5-3(6)1-2-4(7)8;/h20H,2-19,21-23H2,1H3,(H,24,25,26);1-2H,(H,5,6)(H,7,8);/b;2-1-;. The van der Waals surface area contributed by atoms with Gasteiger partial charge in [0.05, 0.1) is 0 Å². The van der Waals surface area contributed by atoms with Crippen molar-refractivity contribution in [1.29, 1.82) is 0 Å². The molecule has 0 aromatic rings. The molecule has 9 heteroatoms. The number of unbranched alkanes of at least 4 members (excludes halogenated alkanes) is 16. The normalized spacial score (nSPS) is 12.3. The molecular weight excluding hydrogens is 491 g/mol. The fraction of sp³-hybridized carbons (Fsp3) is 0.852. The number of carbonyl (C=O) groups is 2. The van der Waals surface area contributed by atoms with Crippen molar-refractivity contribution in [1.82, 2.24) is 0 Å². The third kappa shape index (κ3) is 38.1. The van der Waals surface area contributed by atoms with E-state index in [0.29, 0.717) is 21.7 Å². The van der Waals surface area contributed by atoms with Crippen LogP contribution in [0.15, 0.2) is 12.2 Å². The first-order valence-corrected chi connectivity index (χ1v) is 16.9. The van der Waals surface area contributed by atoms with Crippen LogP contribution in [-0.2, 0) is 19.7 Å². The zero-order chi connectivity index (χ0) is 27.5. The van der Waals surface area contributed by atoms with E-state index in [0.717, 1.165) is 34.4 Å². The van der Waals surface area contributed by atoms with Crippen LogP contribution in [0.1, 0.15) is 135 Å². The van der Waals surface area contributed by atoms with Gasteiger partial charge >= 0.3 is 155 Å². The minimum Gasteiger partial charge on any atom is -0.478 e. The van der Waals surface area contributed by atoms with Gasteiger partial charge in [-0.25, -0.2) is 9.59 Å². The van der Waals surface area contributed by atoms with Crippen molar-refractivity contribution >= 4 is 50.0 Å². The van der Waals surface area contributed by atoms with Crippen molar-refractivity contribution in [3.63, 3.8) is 0 Å². The van der Waals surface area contributed by atoms with Crippen molar-refractivity contribution in [2.24, 2.45) is 0 Å². The Bertz CT molecular complexity index is 635. The number of carboxylic acid groups (broad SMARTS) is 2. The summed E-state index contributed by atoms with van der Waals surface area (Å²) in [5.41, 5.74) is 0. The fourth-order valence-electron chi connectivity index (χ4n) is 4.12. The Labute approximate surface area is 238 Å². The molecule has 208 valence electrons. The monoisotopic (exact) mass is 542 g/mol. The van der Waals surface area contributed by atoms with Crippen LogP contribution in [0.4, 0.5) is 0 Å². The molecule has 0 bridgehead atoms. The Morgan fingerprint density at radius 3 is 1.25 bits per heavy atom. The SMILES string of the molecule is CCCCCCCCCCCCCCCCCCC[CH]([Na])CCCS(=O)(=O)O.O=C(O)/C=C\C(=O)O. The second-order valence-corrected chi connectivity index (χ2v) is 13.2. The number of aliphatic carboxylic acids is 2. The molecular formula is C27H51NaO7S. The van der Waals surface area contributed by atoms with Crippen LogP contribution in [0, 0.1) is 0 Å². The van der Waals surface area contributed by atoms with Gasteiger partial charge in [0.25, 0.3) is 0 Å². The topological polar surface area (TPSA) is 129 Å². The van der Waals surface area contributed by atoms with Gasteiger partial charge in [-0.2, -0.15) is 0 Å². The van der Waals surface area contributed by atoms with Crippen molar-refractivity contribution in [2.75, 3.05) is 5.75 Å². The molecule has 0 aliphatic rings. The molecule has 7 nitrogen and oxygen atoms in total. The summed E-state index contributed by atoms with van der Waals surface area (Å²) in [7, 11) is -3.76. The smallest absolute Gasteiger partial charge is 0.328 e. The molecule has 0 saturated carbocycles. The zero-order valence-electron chi connectivity index (χ0n) is 23.0. The number of hydrogen-bond donors (Lipinski definition) is 3. The second kappa shape index (κ2) is 27.6. The molecule has 0 amide bonds. The van der Waals surface area contributed by atoms with Gasteiger partial charge in [-0.3, -0.25) is 0 Å². The van der Waals surface area contributed by atoms with Gasteiger partial charge in [0, 0.05) is 12.2 Å². The van der Waals surface area contributed by atoms with Crippen molar-refractivity contribution < 1.29 is 32.8 Å². The van der Waals surface area contributed by atoms with Crippen molar-refractivity contribution in [3.8, 4) is 0 Å². The van der Waals surface area contributed by atoms with Gasteiger partial charge in [-0.1, -0.05) is 51.9 Å². The van der Waals surface area contributed by atoms with Crippen LogP contribution < -0.4 is 0 Å². The maximum atomic E-state index is 10.7. The Morgan fingerprint density at radius 1 is 0.639 bits per heavy atom. The second-order valence-electron chi connectivity index (χ2n) is 9.99. The van der Waals surface area contributed by atoms with E-state index in [1.807, 2.05) is 0 Å². The summed E-state index contributed by atoms with van der Waals surface area (Å²) in [6.45, 7) is 2.28. The summed E-state index contributed by atoms with van der Waals surface area (Å²) in [5.74, 6) is -2.58. The zero-order valence-corrected chi connectivity index (χ0v) is 25.8. The van der Waals surface area contributed by atoms with E-state index in [2.05, 4.69) is 6.92 Å². The van der Waals surface area contributed by atoms with Crippen LogP contribution in [0.25, 0.3) is 0 Å².